The highest BCUT2D eigenvalue weighted by Gasteiger charge is 2.34. The average molecular weight is 388 g/mol. The van der Waals surface area contributed by atoms with Crippen LogP contribution in [0.2, 0.25) is 10.0 Å². The second-order valence-corrected chi connectivity index (χ2v) is 6.07. The molecular formula is C18H11Cl2N3O3. The topological polar surface area (TPSA) is 82.4 Å². The lowest BCUT2D eigenvalue weighted by Crippen LogP contribution is -2.35. The Hall–Kier alpha value is -3.01. The van der Waals surface area contributed by atoms with Crippen LogP contribution in [-0.4, -0.2) is 18.4 Å². The van der Waals surface area contributed by atoms with E-state index >= 15 is 0 Å². The predicted octanol–water partition coefficient (Wildman–Crippen LogP) is 3.36. The molecule has 2 aromatic carbocycles. The number of hydrogen-bond donors (Lipinski definition) is 1. The highest BCUT2D eigenvalue weighted by Crippen LogP contribution is 2.29. The standard InChI is InChI=1S/C18H11Cl2N3O3/c19-15-5-4-12(10-16(15)20)23-18(25)14(17(24)22-23)9-11-2-1-3-13(8-11)26-7-6-21/h1-5,8-10H,7H2,(H,22,24)/b14-9+. The highest BCUT2D eigenvalue weighted by atomic mass is 35.5. The first-order valence-electron chi connectivity index (χ1n) is 7.41. The first-order valence-corrected chi connectivity index (χ1v) is 8.17. The molecule has 0 radical (unpaired) electrons. The third kappa shape index (κ3) is 3.64. The van der Waals surface area contributed by atoms with Gasteiger partial charge < -0.3 is 4.74 Å². The zero-order valence-electron chi connectivity index (χ0n) is 13.2. The number of carbonyl (C=O) groups excluding carboxylic acids is 2. The number of benzene rings is 2. The van der Waals surface area contributed by atoms with Gasteiger partial charge in [0, 0.05) is 0 Å². The van der Waals surface area contributed by atoms with E-state index in [-0.39, 0.29) is 17.2 Å². The Balaban J connectivity index is 1.88. The Morgan fingerprint density at radius 2 is 1.96 bits per heavy atom. The summed E-state index contributed by atoms with van der Waals surface area (Å²) in [6.45, 7) is -0.0927. The molecular weight excluding hydrogens is 377 g/mol. The minimum Gasteiger partial charge on any atom is -0.479 e. The molecule has 8 heteroatoms. The van der Waals surface area contributed by atoms with Gasteiger partial charge in [0.15, 0.2) is 6.61 Å². The van der Waals surface area contributed by atoms with Crippen LogP contribution in [0.5, 0.6) is 5.75 Å². The van der Waals surface area contributed by atoms with Crippen LogP contribution in [0.4, 0.5) is 5.69 Å². The van der Waals surface area contributed by atoms with E-state index in [1.54, 1.807) is 30.3 Å². The smallest absolute Gasteiger partial charge is 0.282 e. The summed E-state index contributed by atoms with van der Waals surface area (Å²) in [5.41, 5.74) is 3.44. The Morgan fingerprint density at radius 3 is 2.69 bits per heavy atom. The van der Waals surface area contributed by atoms with Crippen molar-refractivity contribution in [3.8, 4) is 11.8 Å². The van der Waals surface area contributed by atoms with Gasteiger partial charge in [0.25, 0.3) is 11.8 Å². The van der Waals surface area contributed by atoms with Crippen molar-refractivity contribution in [3.63, 3.8) is 0 Å². The molecule has 1 heterocycles. The van der Waals surface area contributed by atoms with Crippen LogP contribution < -0.4 is 15.2 Å². The fourth-order valence-corrected chi connectivity index (χ4v) is 2.63. The third-order valence-corrected chi connectivity index (χ3v) is 4.26. The molecule has 0 spiro atoms. The lowest BCUT2D eigenvalue weighted by Gasteiger charge is -2.15. The van der Waals surface area contributed by atoms with E-state index in [9.17, 15) is 9.59 Å². The minimum absolute atomic E-state index is 0.0338. The van der Waals surface area contributed by atoms with Crippen molar-refractivity contribution in [2.24, 2.45) is 0 Å². The van der Waals surface area contributed by atoms with Gasteiger partial charge in [-0.25, -0.2) is 5.01 Å². The maximum absolute atomic E-state index is 12.6. The van der Waals surface area contributed by atoms with Gasteiger partial charge in [0.2, 0.25) is 0 Å². The first-order chi connectivity index (χ1) is 12.5. The number of ether oxygens (including phenoxy) is 1. The number of anilines is 1. The van der Waals surface area contributed by atoms with Crippen LogP contribution in [0.15, 0.2) is 48.0 Å². The lowest BCUT2D eigenvalue weighted by atomic mass is 10.1. The average Bonchev–Trinajstić information content (AvgIpc) is 2.91. The zero-order chi connectivity index (χ0) is 18.7. The van der Waals surface area contributed by atoms with E-state index in [1.807, 2.05) is 6.07 Å². The van der Waals surface area contributed by atoms with Crippen molar-refractivity contribution in [2.45, 2.75) is 0 Å². The molecule has 1 saturated heterocycles. The summed E-state index contributed by atoms with van der Waals surface area (Å²) in [7, 11) is 0. The molecule has 1 fully saturated rings. The Bertz CT molecular complexity index is 966. The van der Waals surface area contributed by atoms with Crippen LogP contribution in [0, 0.1) is 11.3 Å². The Kier molecular flexibility index (Phi) is 5.12. The van der Waals surface area contributed by atoms with E-state index in [4.69, 9.17) is 33.2 Å². The van der Waals surface area contributed by atoms with Gasteiger partial charge in [-0.1, -0.05) is 35.3 Å². The normalized spacial score (nSPS) is 15.1. The van der Waals surface area contributed by atoms with E-state index in [0.29, 0.717) is 22.0 Å². The number of hydrogen-bond acceptors (Lipinski definition) is 4. The number of rotatable bonds is 4. The van der Waals surface area contributed by atoms with E-state index < -0.39 is 11.8 Å². The molecule has 0 saturated carbocycles. The molecule has 130 valence electrons. The second kappa shape index (κ2) is 7.48. The van der Waals surface area contributed by atoms with Crippen molar-refractivity contribution in [3.05, 3.63) is 63.6 Å². The largest absolute Gasteiger partial charge is 0.479 e. The zero-order valence-corrected chi connectivity index (χ0v) is 14.7. The minimum atomic E-state index is -0.538. The van der Waals surface area contributed by atoms with Crippen molar-refractivity contribution in [1.82, 2.24) is 5.43 Å². The molecule has 2 amide bonds. The quantitative estimate of drug-likeness (QED) is 0.643. The summed E-state index contributed by atoms with van der Waals surface area (Å²) in [5, 5.41) is 10.3. The summed E-state index contributed by atoms with van der Waals surface area (Å²) in [5.74, 6) is -0.589. The summed E-state index contributed by atoms with van der Waals surface area (Å²) in [4.78, 5) is 24.8. The van der Waals surface area contributed by atoms with Crippen molar-refractivity contribution in [2.75, 3.05) is 11.6 Å². The number of nitrogens with zero attached hydrogens (tertiary/aromatic N) is 2. The molecule has 0 unspecified atom stereocenters. The van der Waals surface area contributed by atoms with Gasteiger partial charge in [-0.05, 0) is 42.0 Å². The maximum Gasteiger partial charge on any atom is 0.282 e. The molecule has 0 aromatic heterocycles. The summed E-state index contributed by atoms with van der Waals surface area (Å²) >= 11 is 11.8. The van der Waals surface area contributed by atoms with Crippen molar-refractivity contribution < 1.29 is 14.3 Å². The summed E-state index contributed by atoms with van der Waals surface area (Å²) in [6, 6.07) is 13.2. The Morgan fingerprint density at radius 1 is 1.15 bits per heavy atom. The van der Waals surface area contributed by atoms with Gasteiger partial charge in [-0.3, -0.25) is 15.0 Å². The van der Waals surface area contributed by atoms with Gasteiger partial charge in [-0.15, -0.1) is 0 Å². The SMILES string of the molecule is N#CCOc1cccc(/C=C2\C(=O)NN(c3ccc(Cl)c(Cl)c3)C2=O)c1. The second-order valence-electron chi connectivity index (χ2n) is 5.26. The van der Waals surface area contributed by atoms with Gasteiger partial charge in [0.05, 0.1) is 15.7 Å². The number of hydrazine groups is 1. The van der Waals surface area contributed by atoms with Crippen LogP contribution >= 0.6 is 23.2 Å². The number of amides is 2. The number of halogens is 2. The molecule has 6 nitrogen and oxygen atoms in total. The molecule has 0 bridgehead atoms. The molecule has 1 aliphatic heterocycles. The van der Waals surface area contributed by atoms with E-state index in [0.717, 1.165) is 5.01 Å². The van der Waals surface area contributed by atoms with E-state index in [2.05, 4.69) is 5.43 Å². The van der Waals surface area contributed by atoms with Crippen molar-refractivity contribution in [1.29, 1.82) is 5.26 Å². The molecule has 1 N–H and O–H groups in total. The third-order valence-electron chi connectivity index (χ3n) is 3.53. The summed E-state index contributed by atoms with van der Waals surface area (Å²) in [6.07, 6.45) is 1.45. The fraction of sp³-hybridized carbons (Fsp3) is 0.0556. The van der Waals surface area contributed by atoms with Crippen LogP contribution in [-0.2, 0) is 9.59 Å². The lowest BCUT2D eigenvalue weighted by molar-refractivity contribution is -0.117. The van der Waals surface area contributed by atoms with Gasteiger partial charge in [0.1, 0.15) is 17.4 Å². The number of nitrogens with one attached hydrogen (secondary N) is 1. The molecule has 3 rings (SSSR count). The monoisotopic (exact) mass is 387 g/mol. The number of carbonyl (C=O) groups is 2. The predicted molar refractivity (Wildman–Crippen MR) is 97.6 cm³/mol. The number of nitriles is 1. The van der Waals surface area contributed by atoms with Crippen LogP contribution in [0.25, 0.3) is 6.08 Å². The fourth-order valence-electron chi connectivity index (χ4n) is 2.34. The van der Waals surface area contributed by atoms with Crippen LogP contribution in [0.3, 0.4) is 0 Å². The van der Waals surface area contributed by atoms with Gasteiger partial charge >= 0.3 is 0 Å². The Labute approximate surface area is 159 Å². The summed E-state index contributed by atoms with van der Waals surface area (Å²) < 4.78 is 5.22. The maximum atomic E-state index is 12.6. The first kappa shape index (κ1) is 17.8. The molecule has 1 aliphatic rings. The highest BCUT2D eigenvalue weighted by molar-refractivity contribution is 6.42. The molecule has 0 atom stereocenters. The molecule has 2 aromatic rings. The van der Waals surface area contributed by atoms with Gasteiger partial charge in [-0.2, -0.15) is 5.26 Å². The van der Waals surface area contributed by atoms with E-state index in [1.165, 1.54) is 18.2 Å². The molecule has 0 aliphatic carbocycles. The molecule has 26 heavy (non-hydrogen) atoms. The van der Waals surface area contributed by atoms with Crippen LogP contribution in [0.1, 0.15) is 5.56 Å². The van der Waals surface area contributed by atoms with Crippen molar-refractivity contribution >= 4 is 46.8 Å².